The third kappa shape index (κ3) is 2.86. The first-order valence-corrected chi connectivity index (χ1v) is 3.03. The summed E-state index contributed by atoms with van der Waals surface area (Å²) in [6.45, 7) is 3.75. The van der Waals surface area contributed by atoms with Crippen LogP contribution in [0.4, 0.5) is 0 Å². The van der Waals surface area contributed by atoms with Crippen LogP contribution >= 0.6 is 12.6 Å². The molecule has 0 aromatic heterocycles. The molecular weight excluding hydrogens is 120 g/mol. The fraction of sp³-hybridized carbons (Fsp3) is 0.500. The van der Waals surface area contributed by atoms with Gasteiger partial charge in [0.05, 0.1) is 0 Å². The molecule has 8 heavy (non-hydrogen) atoms. The van der Waals surface area contributed by atoms with E-state index < -0.39 is 0 Å². The Morgan fingerprint density at radius 3 is 2.38 bits per heavy atom. The van der Waals surface area contributed by atoms with Crippen molar-refractivity contribution < 1.29 is 4.79 Å². The third-order valence-corrected chi connectivity index (χ3v) is 1.20. The van der Waals surface area contributed by atoms with Gasteiger partial charge in [-0.05, 0) is 18.9 Å². The Bertz CT molecular complexity index is 116. The number of hydrogen-bond donors (Lipinski definition) is 1. The van der Waals surface area contributed by atoms with Crippen molar-refractivity contribution in [2.45, 2.75) is 20.3 Å². The SMILES string of the molecule is CC/C=C(\C)C(=O)S. The van der Waals surface area contributed by atoms with Crippen molar-refractivity contribution in [1.29, 1.82) is 0 Å². The van der Waals surface area contributed by atoms with Crippen molar-refractivity contribution in [2.75, 3.05) is 0 Å². The molecule has 0 saturated heterocycles. The predicted molar refractivity (Wildman–Crippen MR) is 38.0 cm³/mol. The zero-order valence-electron chi connectivity index (χ0n) is 5.14. The molecule has 0 spiro atoms. The van der Waals surface area contributed by atoms with Gasteiger partial charge in [-0.2, -0.15) is 0 Å². The maximum Gasteiger partial charge on any atom is 0.211 e. The van der Waals surface area contributed by atoms with E-state index in [4.69, 9.17) is 0 Å². The Morgan fingerprint density at radius 2 is 2.25 bits per heavy atom. The van der Waals surface area contributed by atoms with Crippen molar-refractivity contribution in [3.05, 3.63) is 11.6 Å². The number of carbonyl (C=O) groups excluding carboxylic acids is 1. The van der Waals surface area contributed by atoms with Crippen LogP contribution in [0.5, 0.6) is 0 Å². The average Bonchev–Trinajstić information content (AvgIpc) is 1.67. The van der Waals surface area contributed by atoms with Crippen LogP contribution < -0.4 is 0 Å². The lowest BCUT2D eigenvalue weighted by Gasteiger charge is -1.87. The van der Waals surface area contributed by atoms with E-state index in [1.807, 2.05) is 13.0 Å². The molecule has 2 heteroatoms. The van der Waals surface area contributed by atoms with Crippen LogP contribution in [0.15, 0.2) is 11.6 Å². The lowest BCUT2D eigenvalue weighted by atomic mass is 10.3. The second-order valence-electron chi connectivity index (χ2n) is 1.60. The highest BCUT2D eigenvalue weighted by atomic mass is 32.1. The molecular formula is C6H10OS. The van der Waals surface area contributed by atoms with Gasteiger partial charge >= 0.3 is 0 Å². The average molecular weight is 130 g/mol. The third-order valence-electron chi connectivity index (χ3n) is 0.848. The van der Waals surface area contributed by atoms with Crippen molar-refractivity contribution in [2.24, 2.45) is 0 Å². The summed E-state index contributed by atoms with van der Waals surface area (Å²) in [4.78, 5) is 10.3. The fourth-order valence-electron chi connectivity index (χ4n) is 0.393. The summed E-state index contributed by atoms with van der Waals surface area (Å²) < 4.78 is 0. The molecule has 0 saturated carbocycles. The summed E-state index contributed by atoms with van der Waals surface area (Å²) in [5.41, 5.74) is 0.732. The smallest absolute Gasteiger partial charge is 0.211 e. The first-order valence-electron chi connectivity index (χ1n) is 2.58. The highest BCUT2D eigenvalue weighted by Crippen LogP contribution is 1.98. The molecule has 0 aromatic carbocycles. The van der Waals surface area contributed by atoms with Gasteiger partial charge in [0.2, 0.25) is 5.12 Å². The monoisotopic (exact) mass is 130 g/mol. The molecule has 1 nitrogen and oxygen atoms in total. The molecule has 0 aliphatic rings. The number of rotatable bonds is 2. The van der Waals surface area contributed by atoms with Crippen LogP contribution in [0.3, 0.4) is 0 Å². The highest BCUT2D eigenvalue weighted by Gasteiger charge is 1.92. The molecule has 0 heterocycles. The summed E-state index contributed by atoms with van der Waals surface area (Å²) >= 11 is 3.62. The van der Waals surface area contributed by atoms with Gasteiger partial charge in [-0.3, -0.25) is 4.79 Å². The summed E-state index contributed by atoms with van der Waals surface area (Å²) in [7, 11) is 0. The minimum atomic E-state index is -0.133. The van der Waals surface area contributed by atoms with E-state index in [0.29, 0.717) is 0 Å². The molecule has 0 N–H and O–H groups in total. The first-order chi connectivity index (χ1) is 3.68. The Kier molecular flexibility index (Phi) is 3.61. The second-order valence-corrected chi connectivity index (χ2v) is 2.01. The van der Waals surface area contributed by atoms with Gasteiger partial charge in [0.25, 0.3) is 0 Å². The standard InChI is InChI=1S/C6H10OS/c1-3-4-5(2)6(7)8/h4H,3H2,1-2H3,(H,7,8)/b5-4+. The van der Waals surface area contributed by atoms with Gasteiger partial charge in [0.1, 0.15) is 0 Å². The Balaban J connectivity index is 3.80. The van der Waals surface area contributed by atoms with Gasteiger partial charge in [-0.15, -0.1) is 12.6 Å². The van der Waals surface area contributed by atoms with Crippen LogP contribution in [-0.4, -0.2) is 5.12 Å². The van der Waals surface area contributed by atoms with Crippen molar-refractivity contribution >= 4 is 17.7 Å². The number of hydrogen-bond acceptors (Lipinski definition) is 1. The van der Waals surface area contributed by atoms with Crippen molar-refractivity contribution in [1.82, 2.24) is 0 Å². The molecule has 0 radical (unpaired) electrons. The van der Waals surface area contributed by atoms with Gasteiger partial charge < -0.3 is 0 Å². The second kappa shape index (κ2) is 3.72. The minimum absolute atomic E-state index is 0.133. The fourth-order valence-corrected chi connectivity index (χ4v) is 0.485. The van der Waals surface area contributed by atoms with Gasteiger partial charge in [-0.25, -0.2) is 0 Å². The number of allylic oxidation sites excluding steroid dienone is 1. The quantitative estimate of drug-likeness (QED) is 0.445. The van der Waals surface area contributed by atoms with Crippen molar-refractivity contribution in [3.8, 4) is 0 Å². The lowest BCUT2D eigenvalue weighted by molar-refractivity contribution is -0.107. The Morgan fingerprint density at radius 1 is 1.75 bits per heavy atom. The molecule has 46 valence electrons. The molecule has 0 aliphatic heterocycles. The number of carbonyl (C=O) groups is 1. The van der Waals surface area contributed by atoms with Crippen LogP contribution in [0.1, 0.15) is 20.3 Å². The van der Waals surface area contributed by atoms with Gasteiger partial charge in [0.15, 0.2) is 0 Å². The first kappa shape index (κ1) is 7.76. The molecule has 0 aliphatic carbocycles. The van der Waals surface area contributed by atoms with E-state index >= 15 is 0 Å². The van der Waals surface area contributed by atoms with Crippen LogP contribution in [0.25, 0.3) is 0 Å². The molecule has 0 aromatic rings. The van der Waals surface area contributed by atoms with E-state index in [1.54, 1.807) is 6.92 Å². The molecule has 0 bridgehead atoms. The van der Waals surface area contributed by atoms with Crippen molar-refractivity contribution in [3.63, 3.8) is 0 Å². The van der Waals surface area contributed by atoms with E-state index in [1.165, 1.54) is 0 Å². The van der Waals surface area contributed by atoms with Gasteiger partial charge in [-0.1, -0.05) is 13.0 Å². The molecule has 0 rings (SSSR count). The largest absolute Gasteiger partial charge is 0.282 e. The predicted octanol–water partition coefficient (Wildman–Crippen LogP) is 1.80. The van der Waals surface area contributed by atoms with E-state index in [9.17, 15) is 4.79 Å². The highest BCUT2D eigenvalue weighted by molar-refractivity contribution is 7.97. The van der Waals surface area contributed by atoms with Crippen LogP contribution in [0, 0.1) is 0 Å². The van der Waals surface area contributed by atoms with Crippen LogP contribution in [0.2, 0.25) is 0 Å². The maximum absolute atomic E-state index is 10.3. The molecule has 0 unspecified atom stereocenters. The summed E-state index contributed by atoms with van der Waals surface area (Å²) in [5.74, 6) is 0. The topological polar surface area (TPSA) is 17.1 Å². The van der Waals surface area contributed by atoms with Gasteiger partial charge in [0, 0.05) is 0 Å². The maximum atomic E-state index is 10.3. The summed E-state index contributed by atoms with van der Waals surface area (Å²) in [6.07, 6.45) is 2.76. The Hall–Kier alpha value is -0.240. The molecule has 0 atom stereocenters. The lowest BCUT2D eigenvalue weighted by Crippen LogP contribution is -1.85. The minimum Gasteiger partial charge on any atom is -0.282 e. The van der Waals surface area contributed by atoms with E-state index in [-0.39, 0.29) is 5.12 Å². The van der Waals surface area contributed by atoms with E-state index in [0.717, 1.165) is 12.0 Å². The Labute approximate surface area is 55.2 Å². The zero-order chi connectivity index (χ0) is 6.57. The molecule has 0 fully saturated rings. The summed E-state index contributed by atoms with van der Waals surface area (Å²) in [5, 5.41) is -0.133. The molecule has 0 amide bonds. The van der Waals surface area contributed by atoms with Crippen LogP contribution in [-0.2, 0) is 4.79 Å². The number of thiol groups is 1. The summed E-state index contributed by atoms with van der Waals surface area (Å²) in [6, 6.07) is 0. The van der Waals surface area contributed by atoms with E-state index in [2.05, 4.69) is 12.6 Å². The zero-order valence-corrected chi connectivity index (χ0v) is 6.03. The normalized spacial score (nSPS) is 11.6.